The average molecular weight is 169 g/mol. The van der Waals surface area contributed by atoms with Crippen LogP contribution >= 0.6 is 0 Å². The second-order valence-corrected chi connectivity index (χ2v) is 2.76. The van der Waals surface area contributed by atoms with Crippen LogP contribution in [-0.2, 0) is 11.3 Å². The third kappa shape index (κ3) is 3.02. The van der Waals surface area contributed by atoms with Gasteiger partial charge < -0.3 is 10.1 Å². The van der Waals surface area contributed by atoms with Gasteiger partial charge in [-0.2, -0.15) is 5.10 Å². The molecule has 4 nitrogen and oxygen atoms in total. The molecule has 0 radical (unpaired) electrons. The molecular formula is C8H15N3O. The van der Waals surface area contributed by atoms with Gasteiger partial charge in [0, 0.05) is 32.1 Å². The SMILES string of the molecule is COC(C)CNCc1ccn[nH]1. The molecule has 0 saturated heterocycles. The Kier molecular flexibility index (Phi) is 3.76. The van der Waals surface area contributed by atoms with Gasteiger partial charge in [0.05, 0.1) is 6.10 Å². The van der Waals surface area contributed by atoms with Gasteiger partial charge in [0.1, 0.15) is 0 Å². The van der Waals surface area contributed by atoms with Gasteiger partial charge in [-0.3, -0.25) is 5.10 Å². The Bertz CT molecular complexity index is 198. The molecule has 0 aliphatic rings. The number of rotatable bonds is 5. The zero-order valence-electron chi connectivity index (χ0n) is 7.50. The number of H-pyrrole nitrogens is 1. The highest BCUT2D eigenvalue weighted by Crippen LogP contribution is 1.90. The van der Waals surface area contributed by atoms with E-state index in [9.17, 15) is 0 Å². The smallest absolute Gasteiger partial charge is 0.0667 e. The van der Waals surface area contributed by atoms with Crippen molar-refractivity contribution in [3.05, 3.63) is 18.0 Å². The minimum absolute atomic E-state index is 0.257. The number of hydrogen-bond acceptors (Lipinski definition) is 3. The molecule has 1 aromatic heterocycles. The molecule has 1 heterocycles. The van der Waals surface area contributed by atoms with Gasteiger partial charge in [0.25, 0.3) is 0 Å². The summed E-state index contributed by atoms with van der Waals surface area (Å²) in [6.45, 7) is 3.70. The Morgan fingerprint density at radius 2 is 2.58 bits per heavy atom. The summed E-state index contributed by atoms with van der Waals surface area (Å²) in [6, 6.07) is 1.95. The van der Waals surface area contributed by atoms with Gasteiger partial charge in [-0.25, -0.2) is 0 Å². The highest BCUT2D eigenvalue weighted by Gasteiger charge is 1.98. The quantitative estimate of drug-likeness (QED) is 0.676. The number of nitrogens with one attached hydrogen (secondary N) is 2. The van der Waals surface area contributed by atoms with Crippen LogP contribution in [0.3, 0.4) is 0 Å². The van der Waals surface area contributed by atoms with Gasteiger partial charge in [0.15, 0.2) is 0 Å². The van der Waals surface area contributed by atoms with E-state index >= 15 is 0 Å². The summed E-state index contributed by atoms with van der Waals surface area (Å²) in [5.41, 5.74) is 1.10. The molecule has 0 spiro atoms. The van der Waals surface area contributed by atoms with Crippen LogP contribution in [0.25, 0.3) is 0 Å². The van der Waals surface area contributed by atoms with E-state index in [2.05, 4.69) is 15.5 Å². The summed E-state index contributed by atoms with van der Waals surface area (Å²) >= 11 is 0. The Morgan fingerprint density at radius 3 is 3.17 bits per heavy atom. The molecule has 0 amide bonds. The van der Waals surface area contributed by atoms with Crippen molar-refractivity contribution in [3.63, 3.8) is 0 Å². The molecule has 1 unspecified atom stereocenters. The van der Waals surface area contributed by atoms with Crippen LogP contribution in [0.1, 0.15) is 12.6 Å². The lowest BCUT2D eigenvalue weighted by atomic mass is 10.4. The lowest BCUT2D eigenvalue weighted by Crippen LogP contribution is -2.25. The van der Waals surface area contributed by atoms with E-state index in [0.717, 1.165) is 18.8 Å². The number of aromatic amines is 1. The first-order valence-corrected chi connectivity index (χ1v) is 4.04. The Balaban J connectivity index is 2.11. The van der Waals surface area contributed by atoms with E-state index < -0.39 is 0 Å². The largest absolute Gasteiger partial charge is 0.380 e. The summed E-state index contributed by atoms with van der Waals surface area (Å²) in [5, 5.41) is 9.96. The first-order valence-electron chi connectivity index (χ1n) is 4.04. The minimum atomic E-state index is 0.257. The molecule has 68 valence electrons. The Morgan fingerprint density at radius 1 is 1.75 bits per heavy atom. The maximum Gasteiger partial charge on any atom is 0.0667 e. The standard InChI is InChI=1S/C8H15N3O/c1-7(12-2)5-9-6-8-3-4-10-11-8/h3-4,7,9H,5-6H2,1-2H3,(H,10,11). The maximum atomic E-state index is 5.08. The average Bonchev–Trinajstić information content (AvgIpc) is 2.57. The first kappa shape index (κ1) is 9.22. The molecule has 0 aliphatic heterocycles. The summed E-state index contributed by atoms with van der Waals surface area (Å²) in [4.78, 5) is 0. The first-order chi connectivity index (χ1) is 5.83. The van der Waals surface area contributed by atoms with E-state index in [-0.39, 0.29) is 6.10 Å². The molecular weight excluding hydrogens is 154 g/mol. The number of hydrogen-bond donors (Lipinski definition) is 2. The van der Waals surface area contributed by atoms with Crippen LogP contribution in [-0.4, -0.2) is 30.0 Å². The van der Waals surface area contributed by atoms with Gasteiger partial charge in [-0.15, -0.1) is 0 Å². The third-order valence-corrected chi connectivity index (χ3v) is 1.71. The fraction of sp³-hybridized carbons (Fsp3) is 0.625. The maximum absolute atomic E-state index is 5.08. The lowest BCUT2D eigenvalue weighted by molar-refractivity contribution is 0.117. The van der Waals surface area contributed by atoms with Crippen LogP contribution in [0.5, 0.6) is 0 Å². The monoisotopic (exact) mass is 169 g/mol. The van der Waals surface area contributed by atoms with Gasteiger partial charge >= 0.3 is 0 Å². The van der Waals surface area contributed by atoms with E-state index in [0.29, 0.717) is 0 Å². The van der Waals surface area contributed by atoms with Crippen molar-refractivity contribution in [2.75, 3.05) is 13.7 Å². The van der Waals surface area contributed by atoms with E-state index in [4.69, 9.17) is 4.74 Å². The molecule has 4 heteroatoms. The Labute approximate surface area is 72.3 Å². The molecule has 0 saturated carbocycles. The second-order valence-electron chi connectivity index (χ2n) is 2.76. The molecule has 1 rings (SSSR count). The molecule has 2 N–H and O–H groups in total. The van der Waals surface area contributed by atoms with Gasteiger partial charge in [-0.05, 0) is 13.0 Å². The van der Waals surface area contributed by atoms with E-state index in [1.807, 2.05) is 13.0 Å². The predicted molar refractivity (Wildman–Crippen MR) is 46.8 cm³/mol. The second kappa shape index (κ2) is 4.90. The molecule has 1 aromatic rings. The minimum Gasteiger partial charge on any atom is -0.380 e. The Hall–Kier alpha value is -0.870. The number of nitrogens with zero attached hydrogens (tertiary/aromatic N) is 1. The number of ether oxygens (including phenoxy) is 1. The fourth-order valence-electron chi connectivity index (χ4n) is 0.877. The normalized spacial score (nSPS) is 13.2. The molecule has 1 atom stereocenters. The summed E-state index contributed by atoms with van der Waals surface area (Å²) < 4.78 is 5.08. The summed E-state index contributed by atoms with van der Waals surface area (Å²) in [5.74, 6) is 0. The molecule has 0 aromatic carbocycles. The zero-order chi connectivity index (χ0) is 8.81. The van der Waals surface area contributed by atoms with E-state index in [1.165, 1.54) is 0 Å². The number of methoxy groups -OCH3 is 1. The van der Waals surface area contributed by atoms with Crippen molar-refractivity contribution in [1.29, 1.82) is 0 Å². The van der Waals surface area contributed by atoms with Gasteiger partial charge in [0.2, 0.25) is 0 Å². The molecule has 0 bridgehead atoms. The van der Waals surface area contributed by atoms with Crippen molar-refractivity contribution in [2.45, 2.75) is 19.6 Å². The topological polar surface area (TPSA) is 49.9 Å². The van der Waals surface area contributed by atoms with Crippen molar-refractivity contribution >= 4 is 0 Å². The predicted octanol–water partition coefficient (Wildman–Crippen LogP) is 0.534. The zero-order valence-corrected chi connectivity index (χ0v) is 7.50. The van der Waals surface area contributed by atoms with Crippen LogP contribution < -0.4 is 5.32 Å². The van der Waals surface area contributed by atoms with Crippen LogP contribution in [0.4, 0.5) is 0 Å². The third-order valence-electron chi connectivity index (χ3n) is 1.71. The summed E-state index contributed by atoms with van der Waals surface area (Å²) in [7, 11) is 1.71. The molecule has 0 aliphatic carbocycles. The van der Waals surface area contributed by atoms with Crippen molar-refractivity contribution in [1.82, 2.24) is 15.5 Å². The van der Waals surface area contributed by atoms with Crippen molar-refractivity contribution in [2.24, 2.45) is 0 Å². The lowest BCUT2D eigenvalue weighted by Gasteiger charge is -2.09. The van der Waals surface area contributed by atoms with Crippen molar-refractivity contribution in [3.8, 4) is 0 Å². The van der Waals surface area contributed by atoms with Crippen LogP contribution in [0.15, 0.2) is 12.3 Å². The van der Waals surface area contributed by atoms with Gasteiger partial charge in [-0.1, -0.05) is 0 Å². The van der Waals surface area contributed by atoms with Crippen molar-refractivity contribution < 1.29 is 4.74 Å². The highest BCUT2D eigenvalue weighted by molar-refractivity contribution is 4.96. The van der Waals surface area contributed by atoms with E-state index in [1.54, 1.807) is 13.3 Å². The van der Waals surface area contributed by atoms with Crippen LogP contribution in [0, 0.1) is 0 Å². The number of aromatic nitrogens is 2. The molecule has 0 fully saturated rings. The highest BCUT2D eigenvalue weighted by atomic mass is 16.5. The van der Waals surface area contributed by atoms with Crippen LogP contribution in [0.2, 0.25) is 0 Å². The summed E-state index contributed by atoms with van der Waals surface area (Å²) in [6.07, 6.45) is 2.00. The fourth-order valence-corrected chi connectivity index (χ4v) is 0.877. The molecule has 12 heavy (non-hydrogen) atoms.